The maximum atomic E-state index is 15.2. The van der Waals surface area contributed by atoms with Crippen LogP contribution in [0.3, 0.4) is 0 Å². The van der Waals surface area contributed by atoms with Crippen LogP contribution in [0.5, 0.6) is 5.75 Å². The molecule has 0 unspecified atom stereocenters. The summed E-state index contributed by atoms with van der Waals surface area (Å²) in [6.07, 6.45) is -1.09. The van der Waals surface area contributed by atoms with Gasteiger partial charge in [-0.25, -0.2) is 14.8 Å². The number of hydrogen-bond donors (Lipinski definition) is 8. The Kier molecular flexibility index (Phi) is 16.6. The summed E-state index contributed by atoms with van der Waals surface area (Å²) >= 11 is 0. The van der Waals surface area contributed by atoms with E-state index in [2.05, 4.69) is 15.3 Å². The molecular weight excluding hydrogens is 1010 g/mol. The average Bonchev–Trinajstić information content (AvgIpc) is 4.34. The van der Waals surface area contributed by atoms with Gasteiger partial charge in [-0.2, -0.15) is 0 Å². The molecule has 8 rings (SSSR count). The highest BCUT2D eigenvalue weighted by Crippen LogP contribution is 2.42. The number of aliphatic imine (C=N–C) groups is 2. The smallest absolute Gasteiger partial charge is 0.336 e. The molecule has 1 aliphatic carbocycles. The van der Waals surface area contributed by atoms with E-state index < -0.39 is 96.4 Å². The number of aromatic hydroxyl groups is 1. The van der Waals surface area contributed by atoms with Gasteiger partial charge in [-0.1, -0.05) is 27.7 Å². The Morgan fingerprint density at radius 1 is 0.667 bits per heavy atom. The molecule has 4 saturated heterocycles. The summed E-state index contributed by atoms with van der Waals surface area (Å²) in [5.74, 6) is -5.83. The molecule has 25 heteroatoms. The number of aromatic carboxylic acids is 1. The predicted octanol–water partition coefficient (Wildman–Crippen LogP) is -0.0463. The fraction of sp³-hybridized carbons (Fsp3) is 0.472. The van der Waals surface area contributed by atoms with Gasteiger partial charge in [0.25, 0.3) is 5.91 Å². The zero-order chi connectivity index (χ0) is 56.4. The molecule has 0 aromatic heterocycles. The number of carboxylic acid groups (broad SMARTS) is 1. The quantitative estimate of drug-likeness (QED) is 0.0390. The van der Waals surface area contributed by atoms with Crippen molar-refractivity contribution in [3.8, 4) is 28.2 Å². The summed E-state index contributed by atoms with van der Waals surface area (Å²) in [6, 6.07) is 5.77. The van der Waals surface area contributed by atoms with E-state index in [9.17, 15) is 39.0 Å². The van der Waals surface area contributed by atoms with Crippen LogP contribution in [0.1, 0.15) is 74.1 Å². The van der Waals surface area contributed by atoms with Crippen molar-refractivity contribution in [3.63, 3.8) is 0 Å². The number of carbonyl (C=O) groups is 7. The molecule has 25 nitrogen and oxygen atoms in total. The van der Waals surface area contributed by atoms with Gasteiger partial charge in [0.15, 0.2) is 17.3 Å². The molecule has 2 aromatic carbocycles. The molecule has 5 heterocycles. The van der Waals surface area contributed by atoms with Crippen molar-refractivity contribution in [3.05, 3.63) is 75.9 Å². The number of amides is 6. The molecule has 13 N–H and O–H groups in total. The van der Waals surface area contributed by atoms with Crippen LogP contribution in [0.25, 0.3) is 33.4 Å². The number of carbonyl (C=O) groups excluding carboxylic acids is 6. The largest absolute Gasteiger partial charge is 0.508 e. The minimum atomic E-state index is -1.33. The standard InChI is InChI=1S/C53H66N12O13/c1-25(2)23-76-32-16-38(46(54)69)65(22-32)49(72)40-13-29(61-53(57)58)19-63(40)48(71)39-12-28(60-52(55)56)20-64(39)50(73)41-17-33(77-24-26(3)4)21-62(41)44(68)18-59-47(70)27-5-8-34(51(74)75)37(11-27)45-35-9-6-30(66)14-42(35)78-43-15-31(67)7-10-36(43)45/h5-11,14-15,25-26,28-29,32-33,38-41,66H,12-13,16-24H2,1-4H3,(H2,54,69)(H,59,70)(H,74,75)(H4,55,56,60)(H4,57,58,61)/t28-,29-,32-,33-,38+,39+,40+,41+/m1/s1. The van der Waals surface area contributed by atoms with E-state index in [4.69, 9.17) is 42.6 Å². The Morgan fingerprint density at radius 2 is 1.21 bits per heavy atom. The molecule has 5 aliphatic heterocycles. The lowest BCUT2D eigenvalue weighted by molar-refractivity contribution is -0.152. The fourth-order valence-electron chi connectivity index (χ4n) is 10.9. The molecule has 416 valence electrons. The maximum absolute atomic E-state index is 15.2. The first-order chi connectivity index (χ1) is 37.0. The number of guanidine groups is 2. The SMILES string of the molecule is CC(C)CO[C@@H]1C[C@@H](C(=O)N2C[C@H](N=C(N)N)C[C@H]2C(=O)N2C[C@H](N=C(N)N)C[C@H]2C(=O)N2C[C@H](OCC(C)C)C[C@H]2C(N)=O)N(C(=O)CNC(=O)c2ccc(C(=O)O)c(-c3c4ccc(=O)cc-4oc4cc(O)ccc34)c2)C1. The van der Waals surface area contributed by atoms with Crippen molar-refractivity contribution >= 4 is 64.3 Å². The molecule has 0 spiro atoms. The summed E-state index contributed by atoms with van der Waals surface area (Å²) in [5, 5.41) is 23.6. The lowest BCUT2D eigenvalue weighted by Crippen LogP contribution is -2.57. The number of nitrogens with zero attached hydrogens (tertiary/aromatic N) is 6. The van der Waals surface area contributed by atoms with E-state index in [1.165, 1.54) is 74.2 Å². The number of likely N-dealkylation sites (tertiary alicyclic amines) is 4. The Labute approximate surface area is 448 Å². The summed E-state index contributed by atoms with van der Waals surface area (Å²) in [4.78, 5) is 125. The zero-order valence-corrected chi connectivity index (χ0v) is 43.7. The van der Waals surface area contributed by atoms with Gasteiger partial charge in [-0.15, -0.1) is 0 Å². The molecular formula is C53H66N12O13. The lowest BCUT2D eigenvalue weighted by Gasteiger charge is -2.35. The zero-order valence-electron chi connectivity index (χ0n) is 43.7. The molecule has 78 heavy (non-hydrogen) atoms. The van der Waals surface area contributed by atoms with E-state index in [-0.39, 0.29) is 121 Å². The van der Waals surface area contributed by atoms with Crippen molar-refractivity contribution in [2.75, 3.05) is 45.9 Å². The van der Waals surface area contributed by atoms with Gasteiger partial charge in [0.1, 0.15) is 41.3 Å². The third-order valence-corrected chi connectivity index (χ3v) is 14.3. The number of fused-ring (bicyclic) bond motifs is 2. The van der Waals surface area contributed by atoms with E-state index in [1.54, 1.807) is 0 Å². The van der Waals surface area contributed by atoms with Gasteiger partial charge in [0.05, 0.1) is 36.4 Å². The number of ether oxygens (including phenoxy) is 2. The Balaban J connectivity index is 1.06. The van der Waals surface area contributed by atoms with E-state index in [0.717, 1.165) is 0 Å². The number of phenols is 1. The summed E-state index contributed by atoms with van der Waals surface area (Å²) in [5.41, 5.74) is 29.3. The normalized spacial score (nSPS) is 23.1. The minimum Gasteiger partial charge on any atom is -0.508 e. The summed E-state index contributed by atoms with van der Waals surface area (Å²) in [7, 11) is 0. The predicted molar refractivity (Wildman–Crippen MR) is 284 cm³/mol. The number of carboxylic acids is 1. The van der Waals surface area contributed by atoms with Crippen LogP contribution in [0, 0.1) is 11.8 Å². The third-order valence-electron chi connectivity index (χ3n) is 14.3. The molecule has 0 saturated carbocycles. The second kappa shape index (κ2) is 23.1. The average molecular weight is 1080 g/mol. The van der Waals surface area contributed by atoms with Crippen molar-refractivity contribution in [2.45, 2.75) is 102 Å². The summed E-state index contributed by atoms with van der Waals surface area (Å²) < 4.78 is 18.1. The highest BCUT2D eigenvalue weighted by molar-refractivity contribution is 6.09. The number of benzene rings is 3. The topological polar surface area (TPSA) is 388 Å². The van der Waals surface area contributed by atoms with Gasteiger partial charge in [-0.3, -0.25) is 33.6 Å². The summed E-state index contributed by atoms with van der Waals surface area (Å²) in [6.45, 7) is 7.49. The first-order valence-corrected chi connectivity index (χ1v) is 25.7. The van der Waals surface area contributed by atoms with Crippen molar-refractivity contribution in [1.82, 2.24) is 24.9 Å². The van der Waals surface area contributed by atoms with Gasteiger partial charge >= 0.3 is 5.97 Å². The van der Waals surface area contributed by atoms with Crippen LogP contribution in [0.15, 0.2) is 73.8 Å². The molecule has 2 aromatic rings. The third kappa shape index (κ3) is 12.1. The fourth-order valence-corrected chi connectivity index (χ4v) is 10.9. The first kappa shape index (κ1) is 55.9. The second-order valence-electron chi connectivity index (χ2n) is 21.1. The van der Waals surface area contributed by atoms with Gasteiger partial charge < -0.3 is 77.7 Å². The van der Waals surface area contributed by atoms with Crippen LogP contribution in [0.2, 0.25) is 0 Å². The van der Waals surface area contributed by atoms with Crippen LogP contribution < -0.4 is 39.4 Å². The van der Waals surface area contributed by atoms with Crippen LogP contribution >= 0.6 is 0 Å². The number of rotatable bonds is 17. The molecule has 0 bridgehead atoms. The van der Waals surface area contributed by atoms with Crippen molar-refractivity contribution in [1.29, 1.82) is 0 Å². The van der Waals surface area contributed by atoms with Gasteiger partial charge in [0.2, 0.25) is 29.5 Å². The van der Waals surface area contributed by atoms with Gasteiger partial charge in [-0.05, 0) is 59.9 Å². The first-order valence-electron chi connectivity index (χ1n) is 25.7. The van der Waals surface area contributed by atoms with Crippen LogP contribution in [0.4, 0.5) is 0 Å². The number of hydrogen-bond acceptors (Lipinski definition) is 14. The van der Waals surface area contributed by atoms with Crippen molar-refractivity contribution in [2.24, 2.45) is 50.5 Å². The van der Waals surface area contributed by atoms with Crippen LogP contribution in [-0.2, 0) is 33.4 Å². The van der Waals surface area contributed by atoms with Crippen molar-refractivity contribution < 1.29 is 57.7 Å². The molecule has 4 fully saturated rings. The molecule has 0 radical (unpaired) electrons. The number of nitrogens with one attached hydrogen (secondary N) is 1. The number of nitrogens with two attached hydrogens (primary N) is 5. The monoisotopic (exact) mass is 1080 g/mol. The highest BCUT2D eigenvalue weighted by Gasteiger charge is 2.52. The Bertz CT molecular complexity index is 3100. The molecule has 6 amide bonds. The van der Waals surface area contributed by atoms with E-state index in [0.29, 0.717) is 23.1 Å². The van der Waals surface area contributed by atoms with Crippen LogP contribution in [-0.4, -0.2) is 178 Å². The maximum Gasteiger partial charge on any atom is 0.336 e. The van der Waals surface area contributed by atoms with Gasteiger partial charge in [0, 0.05) is 99.3 Å². The second-order valence-corrected chi connectivity index (χ2v) is 21.1. The number of phenolic OH excluding ortho intramolecular Hbond substituents is 1. The minimum absolute atomic E-state index is 0.00735. The molecule has 8 atom stereocenters. The molecule has 6 aliphatic rings. The van der Waals surface area contributed by atoms with E-state index >= 15 is 9.59 Å². The lowest BCUT2D eigenvalue weighted by atomic mass is 9.89. The Hall–Kier alpha value is -8.32. The van der Waals surface area contributed by atoms with E-state index in [1.807, 2.05) is 27.7 Å². The Morgan fingerprint density at radius 3 is 1.74 bits per heavy atom. The highest BCUT2D eigenvalue weighted by atomic mass is 16.5. The number of primary amides is 1.